The molecule has 1 aliphatic heterocycles. The van der Waals surface area contributed by atoms with Gasteiger partial charge in [0.15, 0.2) is 0 Å². The fraction of sp³-hybridized carbons (Fsp3) is 0.462. The molecule has 2 N–H and O–H groups in total. The van der Waals surface area contributed by atoms with Crippen LogP contribution in [0.3, 0.4) is 0 Å². The Balaban J connectivity index is 0.00000220. The molecule has 1 fully saturated rings. The van der Waals surface area contributed by atoms with Crippen LogP contribution in [-0.4, -0.2) is 31.0 Å². The highest BCUT2D eigenvalue weighted by Crippen LogP contribution is 2.25. The molecule has 1 aromatic carbocycles. The van der Waals surface area contributed by atoms with Crippen molar-refractivity contribution in [2.75, 3.05) is 13.1 Å². The summed E-state index contributed by atoms with van der Waals surface area (Å²) >= 11 is 11.7. The molecule has 0 saturated carbocycles. The third kappa shape index (κ3) is 5.58. The Bertz CT molecular complexity index is 494. The number of halogens is 5. The van der Waals surface area contributed by atoms with E-state index in [0.717, 1.165) is 5.56 Å². The van der Waals surface area contributed by atoms with Crippen LogP contribution in [0, 0.1) is 0 Å². The van der Waals surface area contributed by atoms with E-state index in [9.17, 15) is 13.6 Å². The molecular formula is C13H15Cl3F2N2O. The number of carbonyl (C=O) groups is 1. The molecule has 118 valence electrons. The maximum absolute atomic E-state index is 13.0. The minimum absolute atomic E-state index is 0. The average molecular weight is 360 g/mol. The summed E-state index contributed by atoms with van der Waals surface area (Å²) in [6.45, 7) is -0.103. The predicted molar refractivity (Wildman–Crippen MR) is 81.8 cm³/mol. The van der Waals surface area contributed by atoms with Crippen LogP contribution in [0.4, 0.5) is 8.78 Å². The van der Waals surface area contributed by atoms with Crippen LogP contribution in [0.15, 0.2) is 18.2 Å². The fourth-order valence-corrected chi connectivity index (χ4v) is 2.68. The number of benzene rings is 1. The highest BCUT2D eigenvalue weighted by atomic mass is 35.5. The normalized spacial score (nSPS) is 19.9. The zero-order chi connectivity index (χ0) is 14.8. The second-order valence-corrected chi connectivity index (χ2v) is 5.69. The molecule has 1 amide bonds. The van der Waals surface area contributed by atoms with Crippen molar-refractivity contribution in [1.82, 2.24) is 10.6 Å². The number of hydrogen-bond donors (Lipinski definition) is 2. The molecule has 1 unspecified atom stereocenters. The van der Waals surface area contributed by atoms with Gasteiger partial charge in [0.2, 0.25) is 5.91 Å². The second-order valence-electron chi connectivity index (χ2n) is 4.81. The van der Waals surface area contributed by atoms with E-state index in [1.807, 2.05) is 0 Å². The van der Waals surface area contributed by atoms with Crippen molar-refractivity contribution in [3.05, 3.63) is 33.8 Å². The molecule has 1 saturated heterocycles. The van der Waals surface area contributed by atoms with Crippen LogP contribution in [0.2, 0.25) is 10.0 Å². The van der Waals surface area contributed by atoms with Crippen LogP contribution in [0.1, 0.15) is 12.0 Å². The number of carbonyl (C=O) groups excluding carboxylic acids is 1. The largest absolute Gasteiger partial charge is 0.354 e. The molecule has 21 heavy (non-hydrogen) atoms. The molecule has 1 aliphatic rings. The number of rotatable bonds is 4. The van der Waals surface area contributed by atoms with Crippen molar-refractivity contribution in [1.29, 1.82) is 0 Å². The first-order valence-electron chi connectivity index (χ1n) is 6.20. The Hall–Kier alpha value is -0.620. The number of nitrogens with one attached hydrogen (secondary N) is 2. The molecular weight excluding hydrogens is 345 g/mol. The van der Waals surface area contributed by atoms with Gasteiger partial charge in [0, 0.05) is 23.0 Å². The summed E-state index contributed by atoms with van der Waals surface area (Å²) in [5.74, 6) is -3.21. The van der Waals surface area contributed by atoms with E-state index in [2.05, 4.69) is 10.6 Å². The van der Waals surface area contributed by atoms with Gasteiger partial charge >= 0.3 is 0 Å². The summed E-state index contributed by atoms with van der Waals surface area (Å²) in [5.41, 5.74) is 0.882. The van der Waals surface area contributed by atoms with Gasteiger partial charge in [-0.3, -0.25) is 10.1 Å². The van der Waals surface area contributed by atoms with E-state index in [0.29, 0.717) is 23.0 Å². The summed E-state index contributed by atoms with van der Waals surface area (Å²) in [7, 11) is 0. The Morgan fingerprint density at radius 3 is 2.48 bits per heavy atom. The van der Waals surface area contributed by atoms with Gasteiger partial charge in [0.05, 0.1) is 12.6 Å². The standard InChI is InChI=1S/C13H14Cl2F2N2O.ClH/c14-9-3-8(4-10(15)5-9)1-2-18-12(20)11-6-13(16,17)7-19-11;/h3-5,11,19H,1-2,6-7H2,(H,18,20);1H. The highest BCUT2D eigenvalue weighted by Gasteiger charge is 2.42. The molecule has 0 spiro atoms. The van der Waals surface area contributed by atoms with Crippen LogP contribution in [-0.2, 0) is 11.2 Å². The lowest BCUT2D eigenvalue weighted by molar-refractivity contribution is -0.123. The SMILES string of the molecule is Cl.O=C(NCCc1cc(Cl)cc(Cl)c1)C1CC(F)(F)CN1. The first-order valence-corrected chi connectivity index (χ1v) is 6.95. The third-order valence-electron chi connectivity index (χ3n) is 3.06. The average Bonchev–Trinajstić information content (AvgIpc) is 2.68. The van der Waals surface area contributed by atoms with Gasteiger partial charge in [0.25, 0.3) is 5.92 Å². The van der Waals surface area contributed by atoms with Gasteiger partial charge in [-0.2, -0.15) is 0 Å². The number of alkyl halides is 2. The Morgan fingerprint density at radius 2 is 1.95 bits per heavy atom. The molecule has 1 heterocycles. The van der Waals surface area contributed by atoms with E-state index < -0.39 is 30.8 Å². The predicted octanol–water partition coefficient (Wildman–Crippen LogP) is 3.07. The number of hydrogen-bond acceptors (Lipinski definition) is 2. The van der Waals surface area contributed by atoms with E-state index in [-0.39, 0.29) is 12.4 Å². The molecule has 1 aromatic rings. The lowest BCUT2D eigenvalue weighted by Crippen LogP contribution is -2.41. The zero-order valence-electron chi connectivity index (χ0n) is 11.0. The van der Waals surface area contributed by atoms with Gasteiger partial charge in [-0.05, 0) is 30.2 Å². The molecule has 2 rings (SSSR count). The lowest BCUT2D eigenvalue weighted by atomic mass is 10.1. The highest BCUT2D eigenvalue weighted by molar-refractivity contribution is 6.34. The Morgan fingerprint density at radius 1 is 1.33 bits per heavy atom. The maximum atomic E-state index is 13.0. The summed E-state index contributed by atoms with van der Waals surface area (Å²) in [5, 5.41) is 6.19. The number of amides is 1. The Kier molecular flexibility index (Phi) is 6.66. The van der Waals surface area contributed by atoms with Gasteiger partial charge in [-0.25, -0.2) is 8.78 Å². The van der Waals surface area contributed by atoms with Gasteiger partial charge < -0.3 is 5.32 Å². The summed E-state index contributed by atoms with van der Waals surface area (Å²) in [6, 6.07) is 4.30. The van der Waals surface area contributed by atoms with E-state index in [1.165, 1.54) is 0 Å². The van der Waals surface area contributed by atoms with Gasteiger partial charge in [0.1, 0.15) is 0 Å². The van der Waals surface area contributed by atoms with Crippen LogP contribution in [0.25, 0.3) is 0 Å². The fourth-order valence-electron chi connectivity index (χ4n) is 2.11. The molecule has 0 bridgehead atoms. The van der Waals surface area contributed by atoms with Crippen molar-refractivity contribution in [3.8, 4) is 0 Å². The van der Waals surface area contributed by atoms with Crippen LogP contribution < -0.4 is 10.6 Å². The summed E-state index contributed by atoms with van der Waals surface area (Å²) < 4.78 is 25.9. The molecule has 1 atom stereocenters. The maximum Gasteiger partial charge on any atom is 0.262 e. The van der Waals surface area contributed by atoms with Crippen molar-refractivity contribution in [3.63, 3.8) is 0 Å². The van der Waals surface area contributed by atoms with E-state index in [4.69, 9.17) is 23.2 Å². The van der Waals surface area contributed by atoms with Gasteiger partial charge in [-0.15, -0.1) is 12.4 Å². The molecule has 0 aliphatic carbocycles. The van der Waals surface area contributed by atoms with Crippen molar-refractivity contribution in [2.24, 2.45) is 0 Å². The zero-order valence-corrected chi connectivity index (χ0v) is 13.3. The minimum Gasteiger partial charge on any atom is -0.354 e. The molecule has 8 heteroatoms. The first kappa shape index (κ1) is 18.4. The molecule has 0 radical (unpaired) electrons. The van der Waals surface area contributed by atoms with Gasteiger partial charge in [-0.1, -0.05) is 23.2 Å². The van der Waals surface area contributed by atoms with E-state index >= 15 is 0 Å². The molecule has 3 nitrogen and oxygen atoms in total. The van der Waals surface area contributed by atoms with E-state index in [1.54, 1.807) is 18.2 Å². The minimum atomic E-state index is -2.80. The van der Waals surface area contributed by atoms with Crippen molar-refractivity contribution in [2.45, 2.75) is 24.8 Å². The van der Waals surface area contributed by atoms with Crippen LogP contribution >= 0.6 is 35.6 Å². The van der Waals surface area contributed by atoms with Crippen LogP contribution in [0.5, 0.6) is 0 Å². The molecule has 0 aromatic heterocycles. The summed E-state index contributed by atoms with van der Waals surface area (Å²) in [6.07, 6.45) is 0.0803. The first-order chi connectivity index (χ1) is 9.35. The lowest BCUT2D eigenvalue weighted by Gasteiger charge is -2.11. The van der Waals surface area contributed by atoms with Crippen molar-refractivity contribution >= 4 is 41.5 Å². The Labute approximate surface area is 137 Å². The smallest absolute Gasteiger partial charge is 0.262 e. The summed E-state index contributed by atoms with van der Waals surface area (Å²) in [4.78, 5) is 11.7. The quantitative estimate of drug-likeness (QED) is 0.867. The monoisotopic (exact) mass is 358 g/mol. The van der Waals surface area contributed by atoms with Crippen molar-refractivity contribution < 1.29 is 13.6 Å². The third-order valence-corrected chi connectivity index (χ3v) is 3.50. The second kappa shape index (κ2) is 7.58. The topological polar surface area (TPSA) is 41.1 Å².